The lowest BCUT2D eigenvalue weighted by atomic mass is 10.3. The molecule has 0 atom stereocenters. The van der Waals surface area contributed by atoms with Gasteiger partial charge in [-0.05, 0) is 26.1 Å². The van der Waals surface area contributed by atoms with Crippen molar-refractivity contribution in [3.05, 3.63) is 46.7 Å². The molecule has 2 aromatic heterocycles. The van der Waals surface area contributed by atoms with Crippen LogP contribution in [-0.2, 0) is 13.1 Å². The molecular weight excluding hydrogens is 268 g/mol. The molecule has 0 fully saturated rings. The summed E-state index contributed by atoms with van der Waals surface area (Å²) in [4.78, 5) is 12.4. The van der Waals surface area contributed by atoms with Gasteiger partial charge in [0.25, 0.3) is 0 Å². The van der Waals surface area contributed by atoms with E-state index in [1.807, 2.05) is 17.9 Å². The largest absolute Gasteiger partial charge is 0.329 e. The molecule has 0 saturated carbocycles. The number of hydrogen-bond donors (Lipinski definition) is 0. The van der Waals surface area contributed by atoms with Crippen molar-refractivity contribution in [1.82, 2.24) is 19.4 Å². The molecular formula is C15H18N4S. The first kappa shape index (κ1) is 13.3. The van der Waals surface area contributed by atoms with Crippen molar-refractivity contribution in [3.63, 3.8) is 0 Å². The van der Waals surface area contributed by atoms with Crippen molar-refractivity contribution >= 4 is 22.4 Å². The monoisotopic (exact) mass is 286 g/mol. The minimum atomic E-state index is 0.953. The van der Waals surface area contributed by atoms with E-state index in [2.05, 4.69) is 51.6 Å². The molecule has 3 aromatic rings. The van der Waals surface area contributed by atoms with Gasteiger partial charge in [-0.3, -0.25) is 4.90 Å². The molecule has 0 N–H and O–H groups in total. The average molecular weight is 286 g/mol. The molecule has 0 aliphatic carbocycles. The molecule has 5 heteroatoms. The Hall–Kier alpha value is -1.72. The second-order valence-corrected chi connectivity index (χ2v) is 5.96. The van der Waals surface area contributed by atoms with Crippen LogP contribution in [0.25, 0.3) is 11.0 Å². The van der Waals surface area contributed by atoms with Crippen molar-refractivity contribution in [2.75, 3.05) is 13.6 Å². The van der Waals surface area contributed by atoms with Crippen LogP contribution in [0.15, 0.2) is 36.1 Å². The smallest absolute Gasteiger partial charge is 0.0958 e. The van der Waals surface area contributed by atoms with Gasteiger partial charge >= 0.3 is 0 Å². The maximum absolute atomic E-state index is 4.42. The van der Waals surface area contributed by atoms with Gasteiger partial charge < -0.3 is 4.57 Å². The zero-order valence-corrected chi connectivity index (χ0v) is 12.6. The zero-order valence-electron chi connectivity index (χ0n) is 11.8. The van der Waals surface area contributed by atoms with Crippen LogP contribution in [0, 0.1) is 6.92 Å². The van der Waals surface area contributed by atoms with Gasteiger partial charge in [-0.25, -0.2) is 9.97 Å². The van der Waals surface area contributed by atoms with Gasteiger partial charge in [-0.1, -0.05) is 12.1 Å². The lowest BCUT2D eigenvalue weighted by Crippen LogP contribution is -2.22. The van der Waals surface area contributed by atoms with Crippen molar-refractivity contribution in [2.45, 2.75) is 20.0 Å². The maximum atomic E-state index is 4.42. The first-order chi connectivity index (χ1) is 9.74. The number of para-hydroxylation sites is 2. The molecule has 104 valence electrons. The number of imidazole rings is 1. The van der Waals surface area contributed by atoms with Crippen molar-refractivity contribution in [1.29, 1.82) is 0 Å². The third-order valence-electron chi connectivity index (χ3n) is 3.51. The highest BCUT2D eigenvalue weighted by Gasteiger charge is 2.07. The molecule has 0 aliphatic heterocycles. The fraction of sp³-hybridized carbons (Fsp3) is 0.333. The number of nitrogens with zero attached hydrogens (tertiary/aromatic N) is 4. The molecule has 0 bridgehead atoms. The Kier molecular flexibility index (Phi) is 3.80. The molecule has 0 spiro atoms. The van der Waals surface area contributed by atoms with Crippen LogP contribution in [-0.4, -0.2) is 33.0 Å². The van der Waals surface area contributed by atoms with Gasteiger partial charge in [0, 0.05) is 24.5 Å². The van der Waals surface area contributed by atoms with Crippen molar-refractivity contribution in [3.8, 4) is 0 Å². The number of aromatic nitrogens is 3. The summed E-state index contributed by atoms with van der Waals surface area (Å²) >= 11 is 1.73. The molecule has 0 saturated heterocycles. The average Bonchev–Trinajstić information content (AvgIpc) is 3.04. The zero-order chi connectivity index (χ0) is 13.9. The van der Waals surface area contributed by atoms with Crippen molar-refractivity contribution < 1.29 is 0 Å². The molecule has 4 nitrogen and oxygen atoms in total. The molecule has 0 radical (unpaired) electrons. The first-order valence-corrected chi connectivity index (χ1v) is 7.59. The van der Waals surface area contributed by atoms with Gasteiger partial charge in [-0.15, -0.1) is 11.3 Å². The van der Waals surface area contributed by atoms with Crippen molar-refractivity contribution in [2.24, 2.45) is 0 Å². The predicted octanol–water partition coefficient (Wildman–Crippen LogP) is 2.93. The van der Waals surface area contributed by atoms with Crippen LogP contribution in [0.5, 0.6) is 0 Å². The maximum Gasteiger partial charge on any atom is 0.0958 e. The molecule has 2 heterocycles. The summed E-state index contributed by atoms with van der Waals surface area (Å²) in [5.74, 6) is 0. The number of thiazole rings is 1. The standard InChI is InChI=1S/C15H18N4S/c1-12-15(20-11-17-12)9-18(2)7-8-19-10-16-13-5-3-4-6-14(13)19/h3-6,10-11H,7-9H2,1-2H3. The Morgan fingerprint density at radius 2 is 2.10 bits per heavy atom. The highest BCUT2D eigenvalue weighted by Crippen LogP contribution is 2.15. The Bertz CT molecular complexity index is 701. The topological polar surface area (TPSA) is 34.0 Å². The van der Waals surface area contributed by atoms with E-state index in [4.69, 9.17) is 0 Å². The third kappa shape index (κ3) is 2.73. The summed E-state index contributed by atoms with van der Waals surface area (Å²) in [5, 5.41) is 0. The fourth-order valence-corrected chi connectivity index (χ4v) is 3.13. The van der Waals surface area contributed by atoms with E-state index >= 15 is 0 Å². The third-order valence-corrected chi connectivity index (χ3v) is 4.43. The van der Waals surface area contributed by atoms with Crippen LogP contribution in [0.1, 0.15) is 10.6 Å². The summed E-state index contributed by atoms with van der Waals surface area (Å²) in [6, 6.07) is 8.26. The molecule has 0 aliphatic rings. The minimum Gasteiger partial charge on any atom is -0.329 e. The van der Waals surface area contributed by atoms with Gasteiger partial charge in [0.1, 0.15) is 0 Å². The summed E-state index contributed by atoms with van der Waals surface area (Å²) in [7, 11) is 2.15. The van der Waals surface area contributed by atoms with Crippen LogP contribution in [0.2, 0.25) is 0 Å². The molecule has 1 aromatic carbocycles. The number of hydrogen-bond acceptors (Lipinski definition) is 4. The minimum absolute atomic E-state index is 0.953. The number of likely N-dealkylation sites (N-methyl/N-ethyl adjacent to an activating group) is 1. The summed E-state index contributed by atoms with van der Waals surface area (Å²) in [6.45, 7) is 4.98. The summed E-state index contributed by atoms with van der Waals surface area (Å²) in [6.07, 6.45) is 1.93. The number of benzene rings is 1. The Balaban J connectivity index is 1.63. The predicted molar refractivity (Wildman–Crippen MR) is 82.9 cm³/mol. The van der Waals surface area contributed by atoms with Crippen LogP contribution >= 0.6 is 11.3 Å². The second kappa shape index (κ2) is 5.73. The summed E-state index contributed by atoms with van der Waals surface area (Å²) in [5.41, 5.74) is 5.33. The Labute approximate surface area is 122 Å². The van der Waals surface area contributed by atoms with E-state index in [-0.39, 0.29) is 0 Å². The number of rotatable bonds is 5. The van der Waals surface area contributed by atoms with E-state index in [1.54, 1.807) is 11.3 Å². The highest BCUT2D eigenvalue weighted by molar-refractivity contribution is 7.09. The Morgan fingerprint density at radius 1 is 1.25 bits per heavy atom. The van der Waals surface area contributed by atoms with Crippen LogP contribution in [0.4, 0.5) is 0 Å². The second-order valence-electron chi connectivity index (χ2n) is 5.03. The lowest BCUT2D eigenvalue weighted by molar-refractivity contribution is 0.315. The fourth-order valence-electron chi connectivity index (χ4n) is 2.27. The lowest BCUT2D eigenvalue weighted by Gasteiger charge is -2.16. The molecule has 3 rings (SSSR count). The van der Waals surface area contributed by atoms with Crippen LogP contribution < -0.4 is 0 Å². The SMILES string of the molecule is Cc1ncsc1CN(C)CCn1cnc2ccccc21. The highest BCUT2D eigenvalue weighted by atomic mass is 32.1. The van der Waals surface area contributed by atoms with E-state index in [1.165, 1.54) is 10.4 Å². The number of fused-ring (bicyclic) bond motifs is 1. The van der Waals surface area contributed by atoms with Gasteiger partial charge in [0.05, 0.1) is 28.6 Å². The Morgan fingerprint density at radius 3 is 2.90 bits per heavy atom. The molecule has 0 unspecified atom stereocenters. The van der Waals surface area contributed by atoms with Gasteiger partial charge in [0.15, 0.2) is 0 Å². The summed E-state index contributed by atoms with van der Waals surface area (Å²) < 4.78 is 2.21. The molecule has 0 amide bonds. The van der Waals surface area contributed by atoms with E-state index in [0.717, 1.165) is 30.8 Å². The van der Waals surface area contributed by atoms with Gasteiger partial charge in [-0.2, -0.15) is 0 Å². The normalized spacial score (nSPS) is 11.6. The molecule has 20 heavy (non-hydrogen) atoms. The quantitative estimate of drug-likeness (QED) is 0.723. The van der Waals surface area contributed by atoms with Crippen LogP contribution in [0.3, 0.4) is 0 Å². The van der Waals surface area contributed by atoms with E-state index in [9.17, 15) is 0 Å². The first-order valence-electron chi connectivity index (χ1n) is 6.71. The van der Waals surface area contributed by atoms with E-state index < -0.39 is 0 Å². The van der Waals surface area contributed by atoms with E-state index in [0.29, 0.717) is 0 Å². The number of aryl methyl sites for hydroxylation is 1. The van der Waals surface area contributed by atoms with Gasteiger partial charge in [0.2, 0.25) is 0 Å².